The second-order valence-corrected chi connectivity index (χ2v) is 5.23. The van der Waals surface area contributed by atoms with Crippen molar-refractivity contribution < 1.29 is 14.4 Å². The Balaban J connectivity index is 1.90. The molecule has 0 unspecified atom stereocenters. The van der Waals surface area contributed by atoms with Crippen LogP contribution >= 0.6 is 0 Å². The van der Waals surface area contributed by atoms with Crippen molar-refractivity contribution in [1.29, 1.82) is 0 Å². The van der Waals surface area contributed by atoms with Crippen LogP contribution in [0.2, 0.25) is 0 Å². The van der Waals surface area contributed by atoms with Gasteiger partial charge in [0.15, 0.2) is 5.78 Å². The fourth-order valence-corrected chi connectivity index (χ4v) is 1.99. The zero-order chi connectivity index (χ0) is 16.8. The van der Waals surface area contributed by atoms with Gasteiger partial charge in [0, 0.05) is 16.8 Å². The second kappa shape index (κ2) is 7.35. The van der Waals surface area contributed by atoms with Crippen LogP contribution in [0.3, 0.4) is 0 Å². The van der Waals surface area contributed by atoms with Crippen molar-refractivity contribution in [2.75, 3.05) is 11.9 Å². The van der Waals surface area contributed by atoms with E-state index in [1.54, 1.807) is 36.4 Å². The minimum atomic E-state index is -0.355. The van der Waals surface area contributed by atoms with E-state index in [2.05, 4.69) is 10.6 Å². The zero-order valence-corrected chi connectivity index (χ0v) is 13.1. The van der Waals surface area contributed by atoms with Crippen molar-refractivity contribution in [2.45, 2.75) is 13.8 Å². The first-order valence-corrected chi connectivity index (χ1v) is 7.21. The van der Waals surface area contributed by atoms with Crippen molar-refractivity contribution >= 4 is 23.3 Å². The molecule has 0 heterocycles. The van der Waals surface area contributed by atoms with Crippen molar-refractivity contribution in [2.24, 2.45) is 0 Å². The van der Waals surface area contributed by atoms with E-state index in [1.807, 2.05) is 19.1 Å². The Hall–Kier alpha value is -2.95. The van der Waals surface area contributed by atoms with E-state index in [4.69, 9.17) is 0 Å². The number of carbonyl (C=O) groups excluding carboxylic acids is 3. The maximum Gasteiger partial charge on any atom is 0.251 e. The van der Waals surface area contributed by atoms with Gasteiger partial charge in [-0.2, -0.15) is 0 Å². The summed E-state index contributed by atoms with van der Waals surface area (Å²) in [5.41, 5.74) is 2.60. The fraction of sp³-hybridized carbons (Fsp3) is 0.167. The molecule has 0 aliphatic heterocycles. The van der Waals surface area contributed by atoms with Crippen LogP contribution in [0.1, 0.15) is 33.2 Å². The summed E-state index contributed by atoms with van der Waals surface area (Å²) in [6.45, 7) is 3.25. The van der Waals surface area contributed by atoms with Crippen LogP contribution < -0.4 is 10.6 Å². The largest absolute Gasteiger partial charge is 0.343 e. The van der Waals surface area contributed by atoms with Gasteiger partial charge in [0.1, 0.15) is 0 Å². The predicted molar refractivity (Wildman–Crippen MR) is 88.6 cm³/mol. The number of benzene rings is 2. The Bertz CT molecular complexity index is 736. The summed E-state index contributed by atoms with van der Waals surface area (Å²) in [4.78, 5) is 35.1. The highest BCUT2D eigenvalue weighted by atomic mass is 16.2. The molecule has 0 saturated carbocycles. The minimum Gasteiger partial charge on any atom is -0.343 e. The van der Waals surface area contributed by atoms with E-state index in [0.29, 0.717) is 16.8 Å². The van der Waals surface area contributed by atoms with E-state index in [-0.39, 0.29) is 24.1 Å². The Kier molecular flexibility index (Phi) is 5.25. The number of rotatable bonds is 5. The molecule has 23 heavy (non-hydrogen) atoms. The summed E-state index contributed by atoms with van der Waals surface area (Å²) in [6.07, 6.45) is 0. The van der Waals surface area contributed by atoms with Crippen molar-refractivity contribution in [1.82, 2.24) is 5.32 Å². The summed E-state index contributed by atoms with van der Waals surface area (Å²) in [5.74, 6) is -0.738. The molecule has 0 saturated heterocycles. The maximum absolute atomic E-state index is 11.9. The van der Waals surface area contributed by atoms with Gasteiger partial charge in [-0.1, -0.05) is 29.8 Å². The van der Waals surface area contributed by atoms with Crippen LogP contribution in [-0.2, 0) is 4.79 Å². The fourth-order valence-electron chi connectivity index (χ4n) is 1.99. The zero-order valence-electron chi connectivity index (χ0n) is 13.1. The van der Waals surface area contributed by atoms with Gasteiger partial charge in [-0.3, -0.25) is 14.4 Å². The summed E-state index contributed by atoms with van der Waals surface area (Å²) in [6, 6.07) is 13.7. The Labute approximate surface area is 134 Å². The normalized spacial score (nSPS) is 10.0. The highest BCUT2D eigenvalue weighted by Crippen LogP contribution is 2.11. The first kappa shape index (κ1) is 16.4. The summed E-state index contributed by atoms with van der Waals surface area (Å²) >= 11 is 0. The molecule has 0 radical (unpaired) electrons. The molecule has 5 nitrogen and oxygen atoms in total. The molecular weight excluding hydrogens is 292 g/mol. The molecule has 0 atom stereocenters. The average molecular weight is 310 g/mol. The first-order valence-electron chi connectivity index (χ1n) is 7.21. The van der Waals surface area contributed by atoms with E-state index in [0.717, 1.165) is 5.56 Å². The highest BCUT2D eigenvalue weighted by Gasteiger charge is 2.08. The van der Waals surface area contributed by atoms with Crippen LogP contribution in [0, 0.1) is 6.92 Å². The van der Waals surface area contributed by atoms with E-state index in [1.165, 1.54) is 6.92 Å². The first-order chi connectivity index (χ1) is 11.0. The highest BCUT2D eigenvalue weighted by molar-refractivity contribution is 6.00. The third-order valence-corrected chi connectivity index (χ3v) is 3.28. The number of hydrogen-bond donors (Lipinski definition) is 2. The number of nitrogens with one attached hydrogen (secondary N) is 2. The number of Topliss-reactive ketones (excluding diaryl/α,β-unsaturated/α-hetero) is 1. The average Bonchev–Trinajstić information content (AvgIpc) is 2.53. The van der Waals surface area contributed by atoms with Gasteiger partial charge in [0.2, 0.25) is 5.91 Å². The standard InChI is InChI=1S/C18H18N2O3/c1-12-6-8-14(9-7-12)18(23)19-11-17(22)20-16-5-3-4-15(10-16)13(2)21/h3-10H,11H2,1-2H3,(H,19,23)(H,20,22). The molecule has 0 aromatic heterocycles. The number of ketones is 1. The number of amides is 2. The van der Waals surface area contributed by atoms with Gasteiger partial charge in [-0.15, -0.1) is 0 Å². The predicted octanol–water partition coefficient (Wildman–Crippen LogP) is 2.57. The van der Waals surface area contributed by atoms with Gasteiger partial charge >= 0.3 is 0 Å². The maximum atomic E-state index is 11.9. The van der Waals surface area contributed by atoms with Gasteiger partial charge < -0.3 is 10.6 Å². The molecular formula is C18H18N2O3. The number of aryl methyl sites for hydroxylation is 1. The summed E-state index contributed by atoms with van der Waals surface area (Å²) < 4.78 is 0. The smallest absolute Gasteiger partial charge is 0.251 e. The molecule has 2 N–H and O–H groups in total. The number of carbonyl (C=O) groups is 3. The number of hydrogen-bond acceptors (Lipinski definition) is 3. The van der Waals surface area contributed by atoms with Gasteiger partial charge in [-0.25, -0.2) is 0 Å². The van der Waals surface area contributed by atoms with E-state index >= 15 is 0 Å². The Morgan fingerprint density at radius 2 is 1.65 bits per heavy atom. The quantitative estimate of drug-likeness (QED) is 0.833. The molecule has 5 heteroatoms. The lowest BCUT2D eigenvalue weighted by molar-refractivity contribution is -0.115. The third-order valence-electron chi connectivity index (χ3n) is 3.28. The van der Waals surface area contributed by atoms with Crippen LogP contribution in [0.25, 0.3) is 0 Å². The molecule has 0 bridgehead atoms. The lowest BCUT2D eigenvalue weighted by atomic mass is 10.1. The van der Waals surface area contributed by atoms with Crippen LogP contribution in [0.5, 0.6) is 0 Å². The topological polar surface area (TPSA) is 75.3 Å². The van der Waals surface area contributed by atoms with E-state index in [9.17, 15) is 14.4 Å². The molecule has 2 amide bonds. The molecule has 2 aromatic carbocycles. The Morgan fingerprint density at radius 3 is 2.30 bits per heavy atom. The monoisotopic (exact) mass is 310 g/mol. The van der Waals surface area contributed by atoms with E-state index < -0.39 is 0 Å². The molecule has 0 aliphatic rings. The number of anilines is 1. The van der Waals surface area contributed by atoms with Gasteiger partial charge in [-0.05, 0) is 38.1 Å². The summed E-state index contributed by atoms with van der Waals surface area (Å²) in [7, 11) is 0. The third kappa shape index (κ3) is 4.78. The van der Waals surface area contributed by atoms with Crippen molar-refractivity contribution in [3.05, 3.63) is 65.2 Å². The van der Waals surface area contributed by atoms with Gasteiger partial charge in [0.05, 0.1) is 6.54 Å². The molecule has 0 fully saturated rings. The second-order valence-electron chi connectivity index (χ2n) is 5.23. The van der Waals surface area contributed by atoms with Crippen molar-refractivity contribution in [3.63, 3.8) is 0 Å². The summed E-state index contributed by atoms with van der Waals surface area (Å²) in [5, 5.41) is 5.21. The van der Waals surface area contributed by atoms with Crippen LogP contribution in [0.15, 0.2) is 48.5 Å². The molecule has 0 spiro atoms. The lowest BCUT2D eigenvalue weighted by Gasteiger charge is -2.08. The molecule has 2 aromatic rings. The Morgan fingerprint density at radius 1 is 0.957 bits per heavy atom. The lowest BCUT2D eigenvalue weighted by Crippen LogP contribution is -2.32. The van der Waals surface area contributed by atoms with Crippen LogP contribution in [-0.4, -0.2) is 24.1 Å². The minimum absolute atomic E-state index is 0.0752. The molecule has 118 valence electrons. The molecule has 0 aliphatic carbocycles. The van der Waals surface area contributed by atoms with Crippen LogP contribution in [0.4, 0.5) is 5.69 Å². The van der Waals surface area contributed by atoms with Gasteiger partial charge in [0.25, 0.3) is 5.91 Å². The van der Waals surface area contributed by atoms with Crippen molar-refractivity contribution in [3.8, 4) is 0 Å². The SMILES string of the molecule is CC(=O)c1cccc(NC(=O)CNC(=O)c2ccc(C)cc2)c1. The molecule has 2 rings (SSSR count).